The van der Waals surface area contributed by atoms with Gasteiger partial charge < -0.3 is 10.6 Å². The lowest BCUT2D eigenvalue weighted by atomic mass is 10.0. The molecule has 6 nitrogen and oxygen atoms in total. The minimum atomic E-state index is -0.418. The highest BCUT2D eigenvalue weighted by molar-refractivity contribution is 5.71. The molecule has 0 unspecified atom stereocenters. The summed E-state index contributed by atoms with van der Waals surface area (Å²) in [7, 11) is 0. The molecule has 0 spiro atoms. The van der Waals surface area contributed by atoms with E-state index in [1.54, 1.807) is 4.90 Å². The van der Waals surface area contributed by atoms with Gasteiger partial charge in [0.15, 0.2) is 0 Å². The number of nitrogens with two attached hydrogens (primary N) is 1. The molecule has 0 aliphatic carbocycles. The zero-order chi connectivity index (χ0) is 18.4. The highest BCUT2D eigenvalue weighted by Gasteiger charge is 2.10. The van der Waals surface area contributed by atoms with E-state index >= 15 is 0 Å². The maximum Gasteiger partial charge on any atom is 0.314 e. The van der Waals surface area contributed by atoms with Crippen molar-refractivity contribution in [3.8, 4) is 17.3 Å². The number of hydrogen-bond acceptors (Lipinski definition) is 4. The van der Waals surface area contributed by atoms with Gasteiger partial charge in [0.2, 0.25) is 5.82 Å². The highest BCUT2D eigenvalue weighted by atomic mass is 16.2. The fraction of sp³-hybridized carbons (Fsp3) is 0.368. The van der Waals surface area contributed by atoms with Crippen LogP contribution in [0, 0.1) is 25.2 Å². The zero-order valence-electron chi connectivity index (χ0n) is 14.9. The van der Waals surface area contributed by atoms with Gasteiger partial charge in [0.25, 0.3) is 0 Å². The number of amides is 2. The lowest BCUT2D eigenvalue weighted by Crippen LogP contribution is -2.36. The summed E-state index contributed by atoms with van der Waals surface area (Å²) in [5.41, 5.74) is 10.2. The van der Waals surface area contributed by atoms with E-state index in [4.69, 9.17) is 5.73 Å². The van der Waals surface area contributed by atoms with Crippen LogP contribution in [0.4, 0.5) is 4.79 Å². The number of aryl methyl sites for hydroxylation is 3. The number of nitriles is 1. The number of carbonyl (C=O) groups excluding carboxylic acids is 1. The maximum absolute atomic E-state index is 11.3. The Morgan fingerprint density at radius 2 is 2.00 bits per heavy atom. The Kier molecular flexibility index (Phi) is 6.07. The van der Waals surface area contributed by atoms with Crippen molar-refractivity contribution < 1.29 is 4.79 Å². The van der Waals surface area contributed by atoms with Gasteiger partial charge in [-0.1, -0.05) is 12.1 Å². The number of aromatic nitrogens is 2. The normalized spacial score (nSPS) is 10.3. The molecule has 2 aromatic rings. The second-order valence-corrected chi connectivity index (χ2v) is 6.00. The summed E-state index contributed by atoms with van der Waals surface area (Å²) in [4.78, 5) is 21.4. The molecular formula is C19H23N5O. The molecule has 2 rings (SSSR count). The summed E-state index contributed by atoms with van der Waals surface area (Å²) in [5.74, 6) is 0.160. The molecule has 0 aliphatic heterocycles. The van der Waals surface area contributed by atoms with Gasteiger partial charge in [0.05, 0.1) is 5.69 Å². The Balaban J connectivity index is 2.21. The average Bonchev–Trinajstić information content (AvgIpc) is 2.60. The van der Waals surface area contributed by atoms with Crippen molar-refractivity contribution in [1.29, 1.82) is 5.26 Å². The van der Waals surface area contributed by atoms with Crippen molar-refractivity contribution in [3.05, 3.63) is 46.9 Å². The first kappa shape index (κ1) is 18.4. The van der Waals surface area contributed by atoms with E-state index < -0.39 is 6.03 Å². The fourth-order valence-corrected chi connectivity index (χ4v) is 2.60. The Morgan fingerprint density at radius 1 is 1.24 bits per heavy atom. The third kappa shape index (κ3) is 4.77. The van der Waals surface area contributed by atoms with E-state index in [1.807, 2.05) is 31.2 Å². The number of hydrogen-bond donors (Lipinski definition) is 1. The van der Waals surface area contributed by atoms with E-state index in [2.05, 4.69) is 29.9 Å². The number of urea groups is 1. The van der Waals surface area contributed by atoms with Crippen LogP contribution in [-0.4, -0.2) is 34.0 Å². The van der Waals surface area contributed by atoms with E-state index in [-0.39, 0.29) is 5.82 Å². The van der Waals surface area contributed by atoms with Crippen molar-refractivity contribution >= 4 is 6.03 Å². The van der Waals surface area contributed by atoms with Gasteiger partial charge in [-0.3, -0.25) is 0 Å². The van der Waals surface area contributed by atoms with E-state index in [1.165, 1.54) is 11.1 Å². The second kappa shape index (κ2) is 8.25. The summed E-state index contributed by atoms with van der Waals surface area (Å²) in [5, 5.41) is 9.21. The van der Waals surface area contributed by atoms with Crippen LogP contribution >= 0.6 is 0 Å². The molecule has 0 aliphatic rings. The monoisotopic (exact) mass is 337 g/mol. The Morgan fingerprint density at radius 3 is 2.60 bits per heavy atom. The first-order valence-corrected chi connectivity index (χ1v) is 8.34. The molecule has 25 heavy (non-hydrogen) atoms. The summed E-state index contributed by atoms with van der Waals surface area (Å²) in [6, 6.07) is 9.63. The van der Waals surface area contributed by atoms with Crippen LogP contribution in [0.15, 0.2) is 24.3 Å². The molecule has 0 saturated carbocycles. The Bertz CT molecular complexity index is 810. The van der Waals surface area contributed by atoms with Crippen LogP contribution in [0.25, 0.3) is 11.3 Å². The molecular weight excluding hydrogens is 314 g/mol. The smallest absolute Gasteiger partial charge is 0.314 e. The van der Waals surface area contributed by atoms with Gasteiger partial charge in [0.1, 0.15) is 6.07 Å². The molecule has 0 fully saturated rings. The maximum atomic E-state index is 11.3. The van der Waals surface area contributed by atoms with E-state index in [9.17, 15) is 10.1 Å². The molecule has 1 heterocycles. The Labute approximate surface area is 148 Å². The van der Waals surface area contributed by atoms with Crippen molar-refractivity contribution in [1.82, 2.24) is 14.9 Å². The van der Waals surface area contributed by atoms with E-state index in [0.29, 0.717) is 19.5 Å². The second-order valence-electron chi connectivity index (χ2n) is 6.00. The van der Waals surface area contributed by atoms with Crippen LogP contribution in [0.1, 0.15) is 36.0 Å². The third-order valence-corrected chi connectivity index (χ3v) is 4.24. The van der Waals surface area contributed by atoms with Gasteiger partial charge in [-0.25, -0.2) is 14.8 Å². The molecule has 0 bridgehead atoms. The van der Waals surface area contributed by atoms with E-state index in [0.717, 1.165) is 23.4 Å². The molecule has 1 aromatic carbocycles. The predicted molar refractivity (Wildman–Crippen MR) is 96.8 cm³/mol. The minimum absolute atomic E-state index is 0.160. The lowest BCUT2D eigenvalue weighted by molar-refractivity contribution is 0.209. The number of primary amides is 1. The van der Waals surface area contributed by atoms with Crippen molar-refractivity contribution in [2.45, 2.75) is 33.6 Å². The Hall–Kier alpha value is -2.94. The first-order valence-electron chi connectivity index (χ1n) is 8.34. The third-order valence-electron chi connectivity index (χ3n) is 4.24. The fourth-order valence-electron chi connectivity index (χ4n) is 2.60. The van der Waals surface area contributed by atoms with Crippen molar-refractivity contribution in [3.63, 3.8) is 0 Å². The van der Waals surface area contributed by atoms with Gasteiger partial charge in [-0.05, 0) is 56.9 Å². The molecule has 0 saturated heterocycles. The van der Waals surface area contributed by atoms with Crippen molar-refractivity contribution in [2.24, 2.45) is 5.73 Å². The van der Waals surface area contributed by atoms with Crippen molar-refractivity contribution in [2.75, 3.05) is 13.1 Å². The number of carbonyl (C=O) groups is 1. The minimum Gasteiger partial charge on any atom is -0.351 e. The summed E-state index contributed by atoms with van der Waals surface area (Å²) >= 11 is 0. The summed E-state index contributed by atoms with van der Waals surface area (Å²) in [6.45, 7) is 7.15. The molecule has 130 valence electrons. The van der Waals surface area contributed by atoms with Crippen LogP contribution in [0.3, 0.4) is 0 Å². The molecule has 2 N–H and O–H groups in total. The topological polar surface area (TPSA) is 95.9 Å². The number of rotatable bonds is 6. The first-order chi connectivity index (χ1) is 11.9. The van der Waals surface area contributed by atoms with Gasteiger partial charge in [-0.15, -0.1) is 0 Å². The molecule has 2 amide bonds. The highest BCUT2D eigenvalue weighted by Crippen LogP contribution is 2.21. The molecule has 0 atom stereocenters. The molecule has 1 aromatic heterocycles. The van der Waals surface area contributed by atoms with Gasteiger partial charge in [-0.2, -0.15) is 5.26 Å². The summed E-state index contributed by atoms with van der Waals surface area (Å²) < 4.78 is 0. The standard InChI is InChI=1S/C19H23N5O/c1-4-24(19(21)25)9-5-6-16-11-17(23-18(12-20)22-16)15-8-7-13(2)14(3)10-15/h7-8,10-11H,4-6,9H2,1-3H3,(H2,21,25). The van der Waals surface area contributed by atoms with Crippen LogP contribution in [0.5, 0.6) is 0 Å². The predicted octanol–water partition coefficient (Wildman–Crippen LogP) is 2.97. The largest absolute Gasteiger partial charge is 0.351 e. The van der Waals surface area contributed by atoms with Gasteiger partial charge in [0, 0.05) is 24.3 Å². The van der Waals surface area contributed by atoms with Crippen LogP contribution < -0.4 is 5.73 Å². The number of benzene rings is 1. The van der Waals surface area contributed by atoms with Crippen LogP contribution in [-0.2, 0) is 6.42 Å². The van der Waals surface area contributed by atoms with Gasteiger partial charge >= 0.3 is 6.03 Å². The number of nitrogens with zero attached hydrogens (tertiary/aromatic N) is 4. The quantitative estimate of drug-likeness (QED) is 0.876. The average molecular weight is 337 g/mol. The molecule has 6 heteroatoms. The molecule has 0 radical (unpaired) electrons. The SMILES string of the molecule is CCN(CCCc1cc(-c2ccc(C)c(C)c2)nc(C#N)n1)C(N)=O. The zero-order valence-corrected chi connectivity index (χ0v) is 14.9. The summed E-state index contributed by atoms with van der Waals surface area (Å²) in [6.07, 6.45) is 1.38. The van der Waals surface area contributed by atoms with Crippen LogP contribution in [0.2, 0.25) is 0 Å². The lowest BCUT2D eigenvalue weighted by Gasteiger charge is -2.17.